The first-order chi connectivity index (χ1) is 15.1. The van der Waals surface area contributed by atoms with E-state index in [0.717, 1.165) is 37.4 Å². The molecule has 0 bridgehead atoms. The molecule has 0 spiro atoms. The van der Waals surface area contributed by atoms with E-state index in [1.165, 1.54) is 5.56 Å². The Morgan fingerprint density at radius 3 is 2.29 bits per heavy atom. The quantitative estimate of drug-likeness (QED) is 0.675. The van der Waals surface area contributed by atoms with E-state index >= 15 is 0 Å². The first-order valence-electron chi connectivity index (χ1n) is 10.9. The number of anilines is 1. The lowest BCUT2D eigenvalue weighted by Gasteiger charge is -2.32. The minimum Gasteiger partial charge on any atom is -0.353 e. The first kappa shape index (κ1) is 21.1. The van der Waals surface area contributed by atoms with Gasteiger partial charge in [-0.3, -0.25) is 14.5 Å². The second-order valence-electron chi connectivity index (χ2n) is 8.15. The van der Waals surface area contributed by atoms with Crippen molar-refractivity contribution in [3.05, 3.63) is 66.2 Å². The molecule has 4 amide bonds. The number of benzene rings is 2. The number of amides is 4. The number of piperidine rings is 1. The third-order valence-corrected chi connectivity index (χ3v) is 5.90. The van der Waals surface area contributed by atoms with Crippen LogP contribution < -0.4 is 15.5 Å². The van der Waals surface area contributed by atoms with Crippen LogP contribution in [0.5, 0.6) is 0 Å². The SMILES string of the molecule is O=C(CC[C@@H]1NC(=O)N(c2ccccc2)C1=O)NC1CCN(Cc2ccccc2)CC1. The lowest BCUT2D eigenvalue weighted by molar-refractivity contribution is -0.122. The van der Waals surface area contributed by atoms with Gasteiger partial charge in [-0.1, -0.05) is 48.5 Å². The van der Waals surface area contributed by atoms with Crippen LogP contribution in [0.4, 0.5) is 10.5 Å². The molecule has 7 heteroatoms. The normalized spacial score (nSPS) is 20.0. The zero-order valence-electron chi connectivity index (χ0n) is 17.5. The fraction of sp³-hybridized carbons (Fsp3) is 0.375. The summed E-state index contributed by atoms with van der Waals surface area (Å²) in [6.07, 6.45) is 2.34. The highest BCUT2D eigenvalue weighted by Crippen LogP contribution is 2.21. The molecule has 7 nitrogen and oxygen atoms in total. The van der Waals surface area contributed by atoms with Gasteiger partial charge in [-0.15, -0.1) is 0 Å². The average molecular weight is 421 g/mol. The van der Waals surface area contributed by atoms with Crippen molar-refractivity contribution in [3.8, 4) is 0 Å². The molecule has 162 valence electrons. The number of hydrogen-bond donors (Lipinski definition) is 2. The molecule has 1 atom stereocenters. The summed E-state index contributed by atoms with van der Waals surface area (Å²) in [5.41, 5.74) is 1.84. The van der Waals surface area contributed by atoms with E-state index in [1.54, 1.807) is 24.3 Å². The summed E-state index contributed by atoms with van der Waals surface area (Å²) in [6.45, 7) is 2.83. The van der Waals surface area contributed by atoms with Crippen molar-refractivity contribution in [3.63, 3.8) is 0 Å². The van der Waals surface area contributed by atoms with Crippen molar-refractivity contribution in [2.75, 3.05) is 18.0 Å². The summed E-state index contributed by atoms with van der Waals surface area (Å²) in [4.78, 5) is 40.8. The Balaban J connectivity index is 1.20. The van der Waals surface area contributed by atoms with Gasteiger partial charge in [0.25, 0.3) is 5.91 Å². The molecule has 0 aromatic heterocycles. The highest BCUT2D eigenvalue weighted by molar-refractivity contribution is 6.21. The van der Waals surface area contributed by atoms with E-state index in [9.17, 15) is 14.4 Å². The van der Waals surface area contributed by atoms with E-state index in [4.69, 9.17) is 0 Å². The molecule has 31 heavy (non-hydrogen) atoms. The van der Waals surface area contributed by atoms with Gasteiger partial charge >= 0.3 is 6.03 Å². The molecule has 2 aliphatic heterocycles. The maximum atomic E-state index is 12.6. The number of hydrogen-bond acceptors (Lipinski definition) is 4. The predicted molar refractivity (Wildman–Crippen MR) is 118 cm³/mol. The van der Waals surface area contributed by atoms with Crippen molar-refractivity contribution in [2.45, 2.75) is 44.3 Å². The van der Waals surface area contributed by atoms with Crippen LogP contribution in [0.1, 0.15) is 31.2 Å². The zero-order valence-corrected chi connectivity index (χ0v) is 17.5. The summed E-state index contributed by atoms with van der Waals surface area (Å²) in [6, 6.07) is 18.3. The molecule has 4 rings (SSSR count). The van der Waals surface area contributed by atoms with E-state index in [0.29, 0.717) is 12.1 Å². The maximum absolute atomic E-state index is 12.6. The van der Waals surface area contributed by atoms with Gasteiger partial charge in [0.15, 0.2) is 0 Å². The first-order valence-corrected chi connectivity index (χ1v) is 10.9. The lowest BCUT2D eigenvalue weighted by atomic mass is 10.0. The van der Waals surface area contributed by atoms with Gasteiger partial charge in [0.1, 0.15) is 6.04 Å². The Morgan fingerprint density at radius 2 is 1.61 bits per heavy atom. The molecular weight excluding hydrogens is 392 g/mol. The third kappa shape index (κ3) is 5.30. The number of carbonyl (C=O) groups is 3. The summed E-state index contributed by atoms with van der Waals surface area (Å²) < 4.78 is 0. The highest BCUT2D eigenvalue weighted by atomic mass is 16.2. The van der Waals surface area contributed by atoms with Crippen molar-refractivity contribution in [1.82, 2.24) is 15.5 Å². The molecule has 2 aromatic rings. The topological polar surface area (TPSA) is 81.8 Å². The Kier molecular flexibility index (Phi) is 6.62. The van der Waals surface area contributed by atoms with Crippen LogP contribution in [0.25, 0.3) is 0 Å². The monoisotopic (exact) mass is 420 g/mol. The van der Waals surface area contributed by atoms with E-state index in [-0.39, 0.29) is 24.3 Å². The number of imide groups is 1. The smallest absolute Gasteiger partial charge is 0.329 e. The number of urea groups is 1. The molecule has 2 aliphatic rings. The second-order valence-corrected chi connectivity index (χ2v) is 8.15. The molecule has 2 fully saturated rings. The molecular formula is C24H28N4O3. The third-order valence-electron chi connectivity index (χ3n) is 5.90. The van der Waals surface area contributed by atoms with Crippen molar-refractivity contribution < 1.29 is 14.4 Å². The van der Waals surface area contributed by atoms with Crippen LogP contribution in [0, 0.1) is 0 Å². The highest BCUT2D eigenvalue weighted by Gasteiger charge is 2.38. The number of nitrogens with one attached hydrogen (secondary N) is 2. The molecule has 2 saturated heterocycles. The van der Waals surface area contributed by atoms with Gasteiger partial charge in [-0.25, -0.2) is 9.69 Å². The molecule has 2 heterocycles. The number of para-hydroxylation sites is 1. The van der Waals surface area contributed by atoms with Gasteiger partial charge in [0.05, 0.1) is 5.69 Å². The van der Waals surface area contributed by atoms with Gasteiger partial charge < -0.3 is 10.6 Å². The second kappa shape index (κ2) is 9.75. The summed E-state index contributed by atoms with van der Waals surface area (Å²) >= 11 is 0. The molecule has 0 aliphatic carbocycles. The van der Waals surface area contributed by atoms with Crippen molar-refractivity contribution >= 4 is 23.5 Å². The Bertz CT molecular complexity index is 911. The number of rotatable bonds is 7. The molecule has 0 unspecified atom stereocenters. The summed E-state index contributed by atoms with van der Waals surface area (Å²) in [7, 11) is 0. The lowest BCUT2D eigenvalue weighted by Crippen LogP contribution is -2.44. The van der Waals surface area contributed by atoms with Crippen LogP contribution >= 0.6 is 0 Å². The van der Waals surface area contributed by atoms with Crippen LogP contribution in [-0.4, -0.2) is 47.9 Å². The van der Waals surface area contributed by atoms with E-state index < -0.39 is 12.1 Å². The summed E-state index contributed by atoms with van der Waals surface area (Å²) in [5.74, 6) is -0.375. The van der Waals surface area contributed by atoms with Crippen molar-refractivity contribution in [2.24, 2.45) is 0 Å². The van der Waals surface area contributed by atoms with Gasteiger partial charge in [-0.05, 0) is 37.0 Å². The molecule has 2 N–H and O–H groups in total. The van der Waals surface area contributed by atoms with Crippen LogP contribution in [0.15, 0.2) is 60.7 Å². The minimum atomic E-state index is -0.661. The van der Waals surface area contributed by atoms with Gasteiger partial charge in [0, 0.05) is 32.1 Å². The predicted octanol–water partition coefficient (Wildman–Crippen LogP) is 2.67. The number of nitrogens with zero attached hydrogens (tertiary/aromatic N) is 2. The van der Waals surface area contributed by atoms with Gasteiger partial charge in [0.2, 0.25) is 5.91 Å². The van der Waals surface area contributed by atoms with E-state index in [1.807, 2.05) is 12.1 Å². The Morgan fingerprint density at radius 1 is 0.968 bits per heavy atom. The molecule has 0 radical (unpaired) electrons. The fourth-order valence-electron chi connectivity index (χ4n) is 4.20. The van der Waals surface area contributed by atoms with Crippen LogP contribution in [-0.2, 0) is 16.1 Å². The van der Waals surface area contributed by atoms with E-state index in [2.05, 4.69) is 39.8 Å². The Hall–Kier alpha value is -3.19. The van der Waals surface area contributed by atoms with Crippen molar-refractivity contribution in [1.29, 1.82) is 0 Å². The largest absolute Gasteiger partial charge is 0.353 e. The maximum Gasteiger partial charge on any atom is 0.329 e. The fourth-order valence-corrected chi connectivity index (χ4v) is 4.20. The number of likely N-dealkylation sites (tertiary alicyclic amines) is 1. The Labute approximate surface area is 182 Å². The zero-order chi connectivity index (χ0) is 21.6. The minimum absolute atomic E-state index is 0.0679. The standard InChI is InChI=1S/C24H28N4O3/c29-22(25-19-13-15-27(16-14-19)17-18-7-3-1-4-8-18)12-11-21-23(30)28(24(31)26-21)20-9-5-2-6-10-20/h1-10,19,21H,11-17H2,(H,25,29)(H,26,31)/t21-/m0/s1. The van der Waals surface area contributed by atoms with Gasteiger partial charge in [-0.2, -0.15) is 0 Å². The molecule has 2 aromatic carbocycles. The van der Waals surface area contributed by atoms with Crippen LogP contribution in [0.3, 0.4) is 0 Å². The number of carbonyl (C=O) groups excluding carboxylic acids is 3. The average Bonchev–Trinajstić information content (AvgIpc) is 3.08. The van der Waals surface area contributed by atoms with Crippen LogP contribution in [0.2, 0.25) is 0 Å². The molecule has 0 saturated carbocycles. The summed E-state index contributed by atoms with van der Waals surface area (Å²) in [5, 5.41) is 5.78.